The number of methoxy groups -OCH3 is 1. The lowest BCUT2D eigenvalue weighted by atomic mass is 9.94. The maximum Gasteiger partial charge on any atom is 0.243 e. The maximum atomic E-state index is 13.8. The number of thiazole rings is 1. The van der Waals surface area contributed by atoms with Gasteiger partial charge in [0.15, 0.2) is 10.9 Å². The summed E-state index contributed by atoms with van der Waals surface area (Å²) in [5.41, 5.74) is 1.03. The highest BCUT2D eigenvalue weighted by atomic mass is 32.1. The lowest BCUT2D eigenvalue weighted by Gasteiger charge is -2.25. The van der Waals surface area contributed by atoms with Crippen LogP contribution in [0.25, 0.3) is 0 Å². The Morgan fingerprint density at radius 1 is 1.02 bits per heavy atom. The summed E-state index contributed by atoms with van der Waals surface area (Å²) >= 11 is 1.49. The van der Waals surface area contributed by atoms with E-state index in [-0.39, 0.29) is 24.5 Å². The van der Waals surface area contributed by atoms with Crippen LogP contribution >= 0.6 is 11.3 Å². The molecule has 242 valence electrons. The van der Waals surface area contributed by atoms with Gasteiger partial charge in [-0.05, 0) is 70.1 Å². The fourth-order valence-corrected chi connectivity index (χ4v) is 6.70. The molecule has 3 N–H and O–H groups in total. The average Bonchev–Trinajstić information content (AvgIpc) is 3.50. The van der Waals surface area contributed by atoms with E-state index in [0.717, 1.165) is 66.3 Å². The molecule has 2 saturated heterocycles. The number of ketones is 1. The van der Waals surface area contributed by atoms with Gasteiger partial charge in [-0.2, -0.15) is 0 Å². The molecule has 1 aliphatic carbocycles. The molecule has 3 heterocycles. The molecule has 0 spiro atoms. The summed E-state index contributed by atoms with van der Waals surface area (Å²) in [7, 11) is 1.57. The van der Waals surface area contributed by atoms with Crippen LogP contribution in [0, 0.1) is 0 Å². The van der Waals surface area contributed by atoms with Gasteiger partial charge >= 0.3 is 0 Å². The van der Waals surface area contributed by atoms with Crippen LogP contribution in [-0.2, 0) is 36.8 Å². The van der Waals surface area contributed by atoms with Crippen molar-refractivity contribution in [3.8, 4) is 5.75 Å². The number of amides is 3. The molecule has 0 bridgehead atoms. The molecule has 1 aromatic heterocycles. The number of carbonyl (C=O) groups excluding carboxylic acids is 4. The van der Waals surface area contributed by atoms with Crippen LogP contribution in [-0.4, -0.2) is 79.0 Å². The molecule has 5 rings (SSSR count). The summed E-state index contributed by atoms with van der Waals surface area (Å²) in [6.45, 7) is 5.59. The standard InChI is InChI=1S/C33H43N5O6S/c1-21(35-28(39)18-25-19-34-32(45-25)38-14-6-7-15-38)30(41)37-27(17-23-10-12-24(43-3)13-11-23)31(42)36-26(16-22-8-4-5-9-22)29(40)33(2)20-44-33/h8,10-13,19,21,26-27H,4-7,9,14-18,20H2,1-3H3,(H,35,39)(H,36,42)(H,37,41)/t21-,26-,27-,33+/m0/s1. The Hall–Kier alpha value is -3.77. The minimum absolute atomic E-state index is 0.110. The van der Waals surface area contributed by atoms with Gasteiger partial charge in [0.25, 0.3) is 0 Å². The predicted molar refractivity (Wildman–Crippen MR) is 171 cm³/mol. The van der Waals surface area contributed by atoms with Crippen molar-refractivity contribution in [2.75, 3.05) is 31.7 Å². The van der Waals surface area contributed by atoms with Gasteiger partial charge in [-0.25, -0.2) is 4.98 Å². The first-order chi connectivity index (χ1) is 21.6. The minimum atomic E-state index is -0.990. The van der Waals surface area contributed by atoms with Crippen molar-refractivity contribution in [1.29, 1.82) is 0 Å². The quantitative estimate of drug-likeness (QED) is 0.200. The minimum Gasteiger partial charge on any atom is -0.497 e. The van der Waals surface area contributed by atoms with Gasteiger partial charge in [-0.1, -0.05) is 23.8 Å². The zero-order valence-electron chi connectivity index (χ0n) is 26.2. The maximum absolute atomic E-state index is 13.8. The summed E-state index contributed by atoms with van der Waals surface area (Å²) < 4.78 is 10.7. The molecule has 0 unspecified atom stereocenters. The molecule has 2 aliphatic heterocycles. The van der Waals surface area contributed by atoms with Gasteiger partial charge in [0.1, 0.15) is 23.4 Å². The van der Waals surface area contributed by atoms with E-state index in [0.29, 0.717) is 18.8 Å². The average molecular weight is 638 g/mol. The van der Waals surface area contributed by atoms with Gasteiger partial charge in [0.05, 0.1) is 26.2 Å². The van der Waals surface area contributed by atoms with Crippen molar-refractivity contribution in [1.82, 2.24) is 20.9 Å². The smallest absolute Gasteiger partial charge is 0.243 e. The van der Waals surface area contributed by atoms with Crippen molar-refractivity contribution < 1.29 is 28.7 Å². The first-order valence-electron chi connectivity index (χ1n) is 15.7. The molecule has 1 aromatic carbocycles. The zero-order chi connectivity index (χ0) is 32.0. The van der Waals surface area contributed by atoms with E-state index in [2.05, 4.69) is 31.9 Å². The van der Waals surface area contributed by atoms with E-state index >= 15 is 0 Å². The van der Waals surface area contributed by atoms with E-state index in [4.69, 9.17) is 9.47 Å². The summed E-state index contributed by atoms with van der Waals surface area (Å²) in [6.07, 6.45) is 9.70. The molecule has 4 atom stereocenters. The van der Waals surface area contributed by atoms with Gasteiger partial charge in [0, 0.05) is 30.6 Å². The zero-order valence-corrected chi connectivity index (χ0v) is 27.0. The topological polar surface area (TPSA) is 142 Å². The number of hydrogen-bond donors (Lipinski definition) is 3. The van der Waals surface area contributed by atoms with Crippen LogP contribution in [0.5, 0.6) is 5.75 Å². The Balaban J connectivity index is 1.24. The predicted octanol–water partition coefficient (Wildman–Crippen LogP) is 2.87. The van der Waals surface area contributed by atoms with Crippen molar-refractivity contribution in [2.45, 2.75) is 88.9 Å². The highest BCUT2D eigenvalue weighted by molar-refractivity contribution is 7.15. The number of ether oxygens (including phenoxy) is 2. The molecule has 12 heteroatoms. The summed E-state index contributed by atoms with van der Waals surface area (Å²) in [6, 6.07) is 4.57. The molecule has 11 nitrogen and oxygen atoms in total. The lowest BCUT2D eigenvalue weighted by Crippen LogP contribution is -2.56. The Bertz CT molecular complexity index is 1410. The molecular formula is C33H43N5O6S. The number of nitrogens with zero attached hydrogens (tertiary/aromatic N) is 2. The first kappa shape index (κ1) is 32.6. The fraction of sp³-hybridized carbons (Fsp3) is 0.545. The van der Waals surface area contributed by atoms with Gasteiger partial charge in [-0.15, -0.1) is 11.3 Å². The number of benzene rings is 1. The molecule has 45 heavy (non-hydrogen) atoms. The Kier molecular flexibility index (Phi) is 10.5. The molecule has 0 radical (unpaired) electrons. The van der Waals surface area contributed by atoms with Crippen molar-refractivity contribution in [2.24, 2.45) is 0 Å². The van der Waals surface area contributed by atoms with E-state index in [1.54, 1.807) is 39.3 Å². The van der Waals surface area contributed by atoms with Crippen LogP contribution in [0.1, 0.15) is 62.8 Å². The summed E-state index contributed by atoms with van der Waals surface area (Å²) in [5.74, 6) is -0.786. The third-order valence-corrected chi connectivity index (χ3v) is 9.65. The first-order valence-corrected chi connectivity index (χ1v) is 16.5. The molecule has 0 saturated carbocycles. The van der Waals surface area contributed by atoms with Crippen LogP contribution in [0.4, 0.5) is 5.13 Å². The third kappa shape index (κ3) is 8.70. The largest absolute Gasteiger partial charge is 0.497 e. The lowest BCUT2D eigenvalue weighted by molar-refractivity contribution is -0.134. The van der Waals surface area contributed by atoms with Crippen LogP contribution in [0.2, 0.25) is 0 Å². The number of carbonyl (C=O) groups is 4. The highest BCUT2D eigenvalue weighted by Gasteiger charge is 2.50. The van der Waals surface area contributed by atoms with Gasteiger partial charge in [-0.3, -0.25) is 19.2 Å². The normalized spacial score (nSPS) is 21.0. The number of nitrogens with one attached hydrogen (secondary N) is 3. The monoisotopic (exact) mass is 637 g/mol. The highest BCUT2D eigenvalue weighted by Crippen LogP contribution is 2.31. The second kappa shape index (κ2) is 14.6. The van der Waals surface area contributed by atoms with E-state index < -0.39 is 35.5 Å². The van der Waals surface area contributed by atoms with Crippen LogP contribution < -0.4 is 25.6 Å². The van der Waals surface area contributed by atoms with E-state index in [1.807, 2.05) is 12.1 Å². The number of allylic oxidation sites excluding steroid dienone is 1. The Morgan fingerprint density at radius 3 is 2.38 bits per heavy atom. The number of Topliss-reactive ketones (excluding diaryl/α,β-unsaturated/α-hetero) is 1. The molecule has 2 aromatic rings. The molecule has 3 aliphatic rings. The molecule has 2 fully saturated rings. The summed E-state index contributed by atoms with van der Waals surface area (Å²) in [4.78, 5) is 60.8. The number of hydrogen-bond acceptors (Lipinski definition) is 9. The molecule has 3 amide bonds. The van der Waals surface area contributed by atoms with Gasteiger partial charge in [0.2, 0.25) is 17.7 Å². The van der Waals surface area contributed by atoms with E-state index in [1.165, 1.54) is 11.3 Å². The summed E-state index contributed by atoms with van der Waals surface area (Å²) in [5, 5.41) is 9.42. The Labute approximate surface area is 268 Å². The SMILES string of the molecule is COc1ccc(C[C@H](NC(=O)[C@H](C)NC(=O)Cc2cnc(N3CCCC3)s2)C(=O)N[C@@H](CC2=CCCC2)C(=O)[C@@]2(C)CO2)cc1. The number of epoxide rings is 1. The number of aromatic nitrogens is 1. The van der Waals surface area contributed by atoms with Crippen LogP contribution in [0.3, 0.4) is 0 Å². The van der Waals surface area contributed by atoms with Gasteiger partial charge < -0.3 is 30.3 Å². The van der Waals surface area contributed by atoms with E-state index in [9.17, 15) is 19.2 Å². The fourth-order valence-electron chi connectivity index (χ4n) is 5.74. The second-order valence-electron chi connectivity index (χ2n) is 12.3. The number of anilines is 1. The van der Waals surface area contributed by atoms with Crippen molar-refractivity contribution in [3.63, 3.8) is 0 Å². The second-order valence-corrected chi connectivity index (χ2v) is 13.4. The van der Waals surface area contributed by atoms with Crippen molar-refractivity contribution in [3.05, 3.63) is 52.6 Å². The Morgan fingerprint density at radius 2 is 1.73 bits per heavy atom. The van der Waals surface area contributed by atoms with Crippen molar-refractivity contribution >= 4 is 40.0 Å². The third-order valence-electron chi connectivity index (χ3n) is 8.59. The molecular weight excluding hydrogens is 594 g/mol. The number of rotatable bonds is 15. The van der Waals surface area contributed by atoms with Crippen LogP contribution in [0.15, 0.2) is 42.1 Å².